The molecule has 110 valence electrons. The molecule has 0 aromatic heterocycles. The number of aliphatic hydroxyl groups is 1. The van der Waals surface area contributed by atoms with Crippen LogP contribution in [0.1, 0.15) is 40.0 Å². The normalized spacial score (nSPS) is 24.0. The zero-order valence-corrected chi connectivity index (χ0v) is 14.0. The Morgan fingerprint density at radius 2 is 1.80 bits per heavy atom. The van der Waals surface area contributed by atoms with E-state index in [9.17, 15) is 15.6 Å². The van der Waals surface area contributed by atoms with Crippen LogP contribution >= 0.6 is 0 Å². The first-order valence-corrected chi connectivity index (χ1v) is 9.87. The van der Waals surface area contributed by atoms with E-state index in [2.05, 4.69) is 0 Å². The van der Waals surface area contributed by atoms with Crippen LogP contribution in [0.15, 0.2) is 12.2 Å². The third-order valence-electron chi connectivity index (χ3n) is 4.46. The summed E-state index contributed by atoms with van der Waals surface area (Å²) in [7, 11) is -2.35. The number of rotatable bonds is 3. The van der Waals surface area contributed by atoms with Gasteiger partial charge in [0.05, 0.1) is 0 Å². The molecule has 1 aliphatic carbocycles. The number of allylic oxidation sites excluding steroid dienone is 1. The summed E-state index contributed by atoms with van der Waals surface area (Å²) in [6, 6.07) is 3.91. The van der Waals surface area contributed by atoms with Crippen LogP contribution in [0.2, 0.25) is 18.1 Å². The van der Waals surface area contributed by atoms with E-state index in [1.807, 2.05) is 52.1 Å². The summed E-state index contributed by atoms with van der Waals surface area (Å²) >= 11 is 0. The van der Waals surface area contributed by atoms with Gasteiger partial charge in [0.15, 0.2) is 8.32 Å². The van der Waals surface area contributed by atoms with E-state index in [0.29, 0.717) is 6.42 Å². The molecule has 0 radical (unpaired) electrons. The fourth-order valence-corrected chi connectivity index (χ4v) is 3.37. The maximum absolute atomic E-state index is 10.8. The molecule has 0 aromatic rings. The van der Waals surface area contributed by atoms with Crippen molar-refractivity contribution in [2.45, 2.75) is 69.4 Å². The van der Waals surface area contributed by atoms with Gasteiger partial charge in [-0.3, -0.25) is 0 Å². The van der Waals surface area contributed by atoms with Crippen molar-refractivity contribution >= 4 is 8.32 Å². The molecule has 1 atom stereocenters. The lowest BCUT2D eigenvalue weighted by atomic mass is 9.78. The average molecular weight is 292 g/mol. The largest absolute Gasteiger partial charge is 0.386 e. The van der Waals surface area contributed by atoms with Gasteiger partial charge in [-0.15, -0.1) is 0 Å². The summed E-state index contributed by atoms with van der Waals surface area (Å²) in [5.41, 5.74) is -3.35. The minimum atomic E-state index is -2.35. The Kier molecular flexibility index (Phi) is 4.51. The SMILES string of the molecule is CC(C)(C)[Si](C)(C)OC(C#N)(C#N)C1(O)C=CCCC1. The van der Waals surface area contributed by atoms with Gasteiger partial charge in [-0.1, -0.05) is 32.9 Å². The molecule has 0 spiro atoms. The second kappa shape index (κ2) is 5.33. The molecule has 1 N–H and O–H groups in total. The summed E-state index contributed by atoms with van der Waals surface area (Å²) in [4.78, 5) is 0. The number of nitriles is 2. The van der Waals surface area contributed by atoms with Crippen LogP contribution < -0.4 is 0 Å². The standard InChI is InChI=1S/C15H24N2O2Si/c1-13(2,3)20(4,5)19-15(11-16,12-17)14(18)9-7-6-8-10-14/h7,9,18H,6,8,10H2,1-5H3. The Bertz CT molecular complexity index is 466. The van der Waals surface area contributed by atoms with Gasteiger partial charge in [-0.25, -0.2) is 0 Å². The second-order valence-electron chi connectivity index (χ2n) is 6.99. The highest BCUT2D eigenvalue weighted by atomic mass is 28.4. The van der Waals surface area contributed by atoms with Crippen LogP contribution in [0.3, 0.4) is 0 Å². The predicted octanol–water partition coefficient (Wildman–Crippen LogP) is 3.27. The molecule has 1 rings (SSSR count). The zero-order chi connectivity index (χ0) is 15.7. The van der Waals surface area contributed by atoms with Gasteiger partial charge in [0.2, 0.25) is 0 Å². The smallest absolute Gasteiger partial charge is 0.264 e. The van der Waals surface area contributed by atoms with Crippen molar-refractivity contribution in [3.63, 3.8) is 0 Å². The molecule has 5 heteroatoms. The minimum absolute atomic E-state index is 0.138. The molecule has 1 aliphatic rings. The fourth-order valence-electron chi connectivity index (χ4n) is 2.03. The van der Waals surface area contributed by atoms with Crippen LogP contribution in [0.25, 0.3) is 0 Å². The van der Waals surface area contributed by atoms with Crippen LogP contribution in [0.5, 0.6) is 0 Å². The van der Waals surface area contributed by atoms with E-state index in [1.165, 1.54) is 0 Å². The summed E-state index contributed by atoms with van der Waals surface area (Å²) in [5, 5.41) is 29.7. The van der Waals surface area contributed by atoms with Gasteiger partial charge in [-0.2, -0.15) is 10.5 Å². The number of nitrogens with zero attached hydrogens (tertiary/aromatic N) is 2. The highest BCUT2D eigenvalue weighted by Gasteiger charge is 2.56. The van der Waals surface area contributed by atoms with Gasteiger partial charge >= 0.3 is 0 Å². The van der Waals surface area contributed by atoms with Gasteiger partial charge in [-0.05, 0) is 37.4 Å². The first-order chi connectivity index (χ1) is 9.04. The van der Waals surface area contributed by atoms with Crippen LogP contribution in [-0.2, 0) is 4.43 Å². The third-order valence-corrected chi connectivity index (χ3v) is 8.89. The second-order valence-corrected chi connectivity index (χ2v) is 11.7. The number of hydrogen-bond donors (Lipinski definition) is 1. The van der Waals surface area contributed by atoms with Crippen molar-refractivity contribution in [1.29, 1.82) is 10.5 Å². The average Bonchev–Trinajstić information content (AvgIpc) is 2.35. The minimum Gasteiger partial charge on any atom is -0.386 e. The van der Waals surface area contributed by atoms with Crippen LogP contribution in [0, 0.1) is 22.7 Å². The summed E-state index contributed by atoms with van der Waals surface area (Å²) in [5.74, 6) is 0. The molecule has 0 fully saturated rings. The summed E-state index contributed by atoms with van der Waals surface area (Å²) in [6.45, 7) is 10.1. The Morgan fingerprint density at radius 1 is 1.25 bits per heavy atom. The molecule has 0 saturated heterocycles. The monoisotopic (exact) mass is 292 g/mol. The van der Waals surface area contributed by atoms with Gasteiger partial charge in [0, 0.05) is 0 Å². The van der Waals surface area contributed by atoms with Crippen LogP contribution in [-0.4, -0.2) is 24.6 Å². The van der Waals surface area contributed by atoms with Gasteiger partial charge < -0.3 is 9.53 Å². The van der Waals surface area contributed by atoms with E-state index >= 15 is 0 Å². The maximum Gasteiger partial charge on any atom is 0.264 e. The molecular weight excluding hydrogens is 268 g/mol. The van der Waals surface area contributed by atoms with Gasteiger partial charge in [0.25, 0.3) is 5.60 Å². The van der Waals surface area contributed by atoms with Crippen LogP contribution in [0.4, 0.5) is 0 Å². The van der Waals surface area contributed by atoms with Crippen molar-refractivity contribution in [2.24, 2.45) is 0 Å². The molecule has 1 unspecified atom stereocenters. The molecule has 20 heavy (non-hydrogen) atoms. The van der Waals surface area contributed by atoms with E-state index in [4.69, 9.17) is 4.43 Å². The lowest BCUT2D eigenvalue weighted by Gasteiger charge is -2.45. The van der Waals surface area contributed by atoms with E-state index in [-0.39, 0.29) is 5.04 Å². The predicted molar refractivity (Wildman–Crippen MR) is 80.2 cm³/mol. The van der Waals surface area contributed by atoms with Crippen molar-refractivity contribution in [2.75, 3.05) is 0 Å². The van der Waals surface area contributed by atoms with Crippen molar-refractivity contribution in [3.8, 4) is 12.1 Å². The Balaban J connectivity index is 3.26. The van der Waals surface area contributed by atoms with Crippen molar-refractivity contribution in [3.05, 3.63) is 12.2 Å². The first kappa shape index (κ1) is 16.9. The van der Waals surface area contributed by atoms with E-state index in [1.54, 1.807) is 6.08 Å². The van der Waals surface area contributed by atoms with Crippen molar-refractivity contribution in [1.82, 2.24) is 0 Å². The zero-order valence-electron chi connectivity index (χ0n) is 13.0. The Labute approximate surface area is 122 Å². The lowest BCUT2D eigenvalue weighted by molar-refractivity contribution is -0.0536. The third kappa shape index (κ3) is 2.81. The molecule has 0 bridgehead atoms. The molecule has 0 aromatic carbocycles. The highest BCUT2D eigenvalue weighted by molar-refractivity contribution is 6.74. The lowest BCUT2D eigenvalue weighted by Crippen LogP contribution is -2.60. The highest BCUT2D eigenvalue weighted by Crippen LogP contribution is 2.43. The summed E-state index contributed by atoms with van der Waals surface area (Å²) in [6.07, 6.45) is 5.37. The van der Waals surface area contributed by atoms with Crippen molar-refractivity contribution < 1.29 is 9.53 Å². The topological polar surface area (TPSA) is 77.0 Å². The fraction of sp³-hybridized carbons (Fsp3) is 0.733. The molecule has 0 amide bonds. The summed E-state index contributed by atoms with van der Waals surface area (Å²) < 4.78 is 6.05. The Hall–Kier alpha value is -1.14. The van der Waals surface area contributed by atoms with E-state index in [0.717, 1.165) is 12.8 Å². The van der Waals surface area contributed by atoms with Gasteiger partial charge in [0.1, 0.15) is 17.7 Å². The quantitative estimate of drug-likeness (QED) is 0.639. The van der Waals surface area contributed by atoms with E-state index < -0.39 is 19.5 Å². The maximum atomic E-state index is 10.8. The molecule has 0 heterocycles. The molecule has 0 aliphatic heterocycles. The molecule has 4 nitrogen and oxygen atoms in total. The molecule has 0 saturated carbocycles. The Morgan fingerprint density at radius 3 is 2.15 bits per heavy atom. The first-order valence-electron chi connectivity index (χ1n) is 6.96. The molecular formula is C15H24N2O2Si. The number of hydrogen-bond acceptors (Lipinski definition) is 4.